The highest BCUT2D eigenvalue weighted by Gasteiger charge is 2.25. The minimum Gasteiger partial charge on any atom is -0.493 e. The van der Waals surface area contributed by atoms with Crippen molar-refractivity contribution in [2.24, 2.45) is 0 Å². The molecule has 0 saturated heterocycles. The highest BCUT2D eigenvalue weighted by molar-refractivity contribution is 5.94. The number of amides is 1. The summed E-state index contributed by atoms with van der Waals surface area (Å²) in [6.45, 7) is 1.81. The zero-order valence-electron chi connectivity index (χ0n) is 22.9. The number of hydrogen-bond acceptors (Lipinski definition) is 7. The topological polar surface area (TPSA) is 96.2 Å². The van der Waals surface area contributed by atoms with Gasteiger partial charge in [-0.25, -0.2) is 0 Å². The minimum atomic E-state index is -0.974. The fourth-order valence-electron chi connectivity index (χ4n) is 4.32. The van der Waals surface area contributed by atoms with Crippen molar-refractivity contribution in [3.63, 3.8) is 0 Å². The molecule has 1 N–H and O–H groups in total. The second-order valence-electron chi connectivity index (χ2n) is 9.10. The number of carbonyl (C=O) groups excluding carboxylic acids is 1. The third-order valence-electron chi connectivity index (χ3n) is 6.43. The smallest absolute Gasteiger partial charge is 0.265 e. The van der Waals surface area contributed by atoms with Gasteiger partial charge in [-0.15, -0.1) is 0 Å². The molecule has 8 heteroatoms. The van der Waals surface area contributed by atoms with E-state index >= 15 is 0 Å². The van der Waals surface area contributed by atoms with Gasteiger partial charge >= 0.3 is 0 Å². The summed E-state index contributed by atoms with van der Waals surface area (Å²) in [5, 5.41) is 3.21. The fourth-order valence-corrected chi connectivity index (χ4v) is 4.32. The molecule has 208 valence electrons. The number of benzene rings is 4. The van der Waals surface area contributed by atoms with Gasteiger partial charge < -0.3 is 28.7 Å². The van der Waals surface area contributed by atoms with Crippen LogP contribution in [0.1, 0.15) is 13.3 Å². The van der Waals surface area contributed by atoms with E-state index in [1.165, 1.54) is 14.2 Å². The van der Waals surface area contributed by atoms with E-state index in [-0.39, 0.29) is 16.9 Å². The molecular formula is C33H29NO7. The van der Waals surface area contributed by atoms with E-state index in [9.17, 15) is 9.59 Å². The van der Waals surface area contributed by atoms with Crippen LogP contribution in [0.3, 0.4) is 0 Å². The molecule has 1 aromatic heterocycles. The maximum Gasteiger partial charge on any atom is 0.265 e. The summed E-state index contributed by atoms with van der Waals surface area (Å²) in [5.74, 6) is 2.03. The Balaban J connectivity index is 1.43. The number of nitrogens with one attached hydrogen (secondary N) is 1. The molecular weight excluding hydrogens is 522 g/mol. The zero-order valence-corrected chi connectivity index (χ0v) is 22.9. The standard InChI is InChI=1S/C33H29NO7/c1-4-26(33(36)34-22-15-17-24(18-16-22)39-23-10-6-5-7-11-23)40-32-30(35)25-12-8-9-13-27(25)41-31(32)21-14-19-28(37-2)29(20-21)38-3/h5-20,26H,4H2,1-3H3,(H,34,36). The third kappa shape index (κ3) is 6.01. The number of anilines is 1. The van der Waals surface area contributed by atoms with Crippen LogP contribution < -0.4 is 29.7 Å². The Morgan fingerprint density at radius 3 is 2.22 bits per heavy atom. The van der Waals surface area contributed by atoms with Gasteiger partial charge in [0.15, 0.2) is 23.4 Å². The summed E-state index contributed by atoms with van der Waals surface area (Å²) >= 11 is 0. The van der Waals surface area contributed by atoms with Crippen molar-refractivity contribution in [3.8, 4) is 40.1 Å². The summed E-state index contributed by atoms with van der Waals surface area (Å²) in [6, 6.07) is 28.4. The van der Waals surface area contributed by atoms with Crippen molar-refractivity contribution in [3.05, 3.63) is 107 Å². The maximum atomic E-state index is 13.6. The maximum absolute atomic E-state index is 13.6. The van der Waals surface area contributed by atoms with E-state index in [0.29, 0.717) is 51.6 Å². The molecule has 1 amide bonds. The normalized spacial score (nSPS) is 11.5. The second-order valence-corrected chi connectivity index (χ2v) is 9.10. The lowest BCUT2D eigenvalue weighted by molar-refractivity contribution is -0.122. The van der Waals surface area contributed by atoms with Gasteiger partial charge in [-0.05, 0) is 73.2 Å². The van der Waals surface area contributed by atoms with Crippen molar-refractivity contribution >= 4 is 22.6 Å². The van der Waals surface area contributed by atoms with E-state index in [1.807, 2.05) is 30.3 Å². The molecule has 5 rings (SSSR count). The van der Waals surface area contributed by atoms with Gasteiger partial charge in [0, 0.05) is 11.3 Å². The van der Waals surface area contributed by atoms with Crippen LogP contribution in [-0.2, 0) is 4.79 Å². The number of fused-ring (bicyclic) bond motifs is 1. The molecule has 0 saturated carbocycles. The molecule has 0 bridgehead atoms. The first-order valence-electron chi connectivity index (χ1n) is 13.1. The van der Waals surface area contributed by atoms with E-state index in [2.05, 4.69) is 5.32 Å². The van der Waals surface area contributed by atoms with Gasteiger partial charge in [-0.2, -0.15) is 0 Å². The van der Waals surface area contributed by atoms with Crippen LogP contribution in [0.15, 0.2) is 106 Å². The molecule has 8 nitrogen and oxygen atoms in total. The van der Waals surface area contributed by atoms with Gasteiger partial charge in [0.25, 0.3) is 5.91 Å². The molecule has 4 aromatic carbocycles. The predicted octanol–water partition coefficient (Wildman–Crippen LogP) is 7.07. The van der Waals surface area contributed by atoms with Crippen LogP contribution in [0.4, 0.5) is 5.69 Å². The van der Waals surface area contributed by atoms with Gasteiger partial charge in [0.2, 0.25) is 11.2 Å². The van der Waals surface area contributed by atoms with Gasteiger partial charge in [-0.3, -0.25) is 9.59 Å². The van der Waals surface area contributed by atoms with Crippen LogP contribution in [0, 0.1) is 0 Å². The first-order chi connectivity index (χ1) is 20.0. The molecule has 5 aromatic rings. The number of hydrogen-bond donors (Lipinski definition) is 1. The largest absolute Gasteiger partial charge is 0.493 e. The average Bonchev–Trinajstić information content (AvgIpc) is 3.01. The number of ether oxygens (including phenoxy) is 4. The quantitative estimate of drug-likeness (QED) is 0.198. The summed E-state index contributed by atoms with van der Waals surface area (Å²) in [7, 11) is 3.06. The van der Waals surface area contributed by atoms with Crippen molar-refractivity contribution in [1.29, 1.82) is 0 Å². The first kappa shape index (κ1) is 27.3. The molecule has 1 heterocycles. The Hall–Kier alpha value is -5.24. The van der Waals surface area contributed by atoms with Gasteiger partial charge in [0.05, 0.1) is 19.6 Å². The Labute approximate surface area is 237 Å². The highest BCUT2D eigenvalue weighted by atomic mass is 16.5. The molecule has 0 aliphatic rings. The van der Waals surface area contributed by atoms with E-state index in [4.69, 9.17) is 23.4 Å². The minimum absolute atomic E-state index is 0.0653. The summed E-state index contributed by atoms with van der Waals surface area (Å²) in [4.78, 5) is 26.9. The van der Waals surface area contributed by atoms with Crippen LogP contribution >= 0.6 is 0 Å². The summed E-state index contributed by atoms with van der Waals surface area (Å²) in [6.07, 6.45) is -0.670. The number of methoxy groups -OCH3 is 2. The predicted molar refractivity (Wildman–Crippen MR) is 157 cm³/mol. The molecule has 1 unspecified atom stereocenters. The molecule has 0 radical (unpaired) electrons. The van der Waals surface area contributed by atoms with Crippen molar-refractivity contribution in [2.75, 3.05) is 19.5 Å². The van der Waals surface area contributed by atoms with Crippen molar-refractivity contribution in [2.45, 2.75) is 19.4 Å². The van der Waals surface area contributed by atoms with E-state index in [1.54, 1.807) is 73.7 Å². The second kappa shape index (κ2) is 12.3. The Bertz CT molecular complexity index is 1710. The fraction of sp³-hybridized carbons (Fsp3) is 0.152. The molecule has 0 aliphatic carbocycles. The number of para-hydroxylation sites is 2. The van der Waals surface area contributed by atoms with E-state index in [0.717, 1.165) is 0 Å². The third-order valence-corrected chi connectivity index (χ3v) is 6.43. The molecule has 0 fully saturated rings. The van der Waals surface area contributed by atoms with Crippen molar-refractivity contribution < 1.29 is 28.2 Å². The molecule has 41 heavy (non-hydrogen) atoms. The van der Waals surface area contributed by atoms with Crippen LogP contribution in [0.5, 0.6) is 28.7 Å². The SMILES string of the molecule is CCC(Oc1c(-c2ccc(OC)c(OC)c2)oc2ccccc2c1=O)C(=O)Nc1ccc(Oc2ccccc2)cc1. The average molecular weight is 552 g/mol. The number of rotatable bonds is 10. The first-order valence-corrected chi connectivity index (χ1v) is 13.1. The van der Waals surface area contributed by atoms with Gasteiger partial charge in [-0.1, -0.05) is 37.3 Å². The summed E-state index contributed by atoms with van der Waals surface area (Å²) in [5.41, 5.74) is 1.10. The number of carbonyl (C=O) groups is 1. The Morgan fingerprint density at radius 2 is 1.51 bits per heavy atom. The van der Waals surface area contributed by atoms with Gasteiger partial charge in [0.1, 0.15) is 17.1 Å². The van der Waals surface area contributed by atoms with Crippen molar-refractivity contribution in [1.82, 2.24) is 0 Å². The van der Waals surface area contributed by atoms with Crippen LogP contribution in [-0.4, -0.2) is 26.2 Å². The Kier molecular flexibility index (Phi) is 8.20. The zero-order chi connectivity index (χ0) is 28.8. The lowest BCUT2D eigenvalue weighted by atomic mass is 10.1. The van der Waals surface area contributed by atoms with E-state index < -0.39 is 12.0 Å². The molecule has 0 aliphatic heterocycles. The highest BCUT2D eigenvalue weighted by Crippen LogP contribution is 2.37. The lowest BCUT2D eigenvalue weighted by Crippen LogP contribution is -2.34. The summed E-state index contributed by atoms with van der Waals surface area (Å²) < 4.78 is 28.9. The monoisotopic (exact) mass is 551 g/mol. The lowest BCUT2D eigenvalue weighted by Gasteiger charge is -2.19. The Morgan fingerprint density at radius 1 is 0.829 bits per heavy atom. The van der Waals surface area contributed by atoms with Crippen LogP contribution in [0.25, 0.3) is 22.3 Å². The molecule has 1 atom stereocenters. The molecule has 0 spiro atoms. The van der Waals surface area contributed by atoms with Crippen LogP contribution in [0.2, 0.25) is 0 Å².